The zero-order valence-corrected chi connectivity index (χ0v) is 15.5. The van der Waals surface area contributed by atoms with E-state index in [2.05, 4.69) is 15.6 Å². The minimum Gasteiger partial charge on any atom is -0.497 e. The minimum absolute atomic E-state index is 0.118. The van der Waals surface area contributed by atoms with Crippen molar-refractivity contribution in [3.05, 3.63) is 83.6 Å². The summed E-state index contributed by atoms with van der Waals surface area (Å²) in [6, 6.07) is 19.3. The molecule has 27 heavy (non-hydrogen) atoms. The second-order valence-corrected chi connectivity index (χ2v) is 6.28. The molecule has 2 aromatic carbocycles. The van der Waals surface area contributed by atoms with Crippen LogP contribution in [-0.2, 0) is 6.42 Å². The average molecular weight is 361 g/mol. The van der Waals surface area contributed by atoms with Gasteiger partial charge in [0.15, 0.2) is 0 Å². The number of rotatable bonds is 7. The second kappa shape index (κ2) is 8.85. The van der Waals surface area contributed by atoms with Crippen molar-refractivity contribution >= 4 is 17.4 Å². The van der Waals surface area contributed by atoms with Gasteiger partial charge in [-0.05, 0) is 60.9 Å². The van der Waals surface area contributed by atoms with E-state index in [1.165, 1.54) is 0 Å². The fraction of sp³-hybridized carbons (Fsp3) is 0.182. The Morgan fingerprint density at radius 2 is 1.93 bits per heavy atom. The highest BCUT2D eigenvalue weighted by Gasteiger charge is 2.07. The Balaban J connectivity index is 1.58. The Morgan fingerprint density at radius 1 is 1.07 bits per heavy atom. The van der Waals surface area contributed by atoms with E-state index in [1.807, 2.05) is 55.5 Å². The number of aromatic nitrogens is 1. The van der Waals surface area contributed by atoms with Crippen LogP contribution in [0.1, 0.15) is 21.5 Å². The number of carbonyl (C=O) groups is 1. The summed E-state index contributed by atoms with van der Waals surface area (Å²) in [6.07, 6.45) is 2.37. The van der Waals surface area contributed by atoms with E-state index in [0.29, 0.717) is 17.9 Å². The zero-order valence-electron chi connectivity index (χ0n) is 15.5. The third kappa shape index (κ3) is 5.31. The van der Waals surface area contributed by atoms with Crippen molar-refractivity contribution in [1.82, 2.24) is 10.3 Å². The predicted octanol–water partition coefficient (Wildman–Crippen LogP) is 4.11. The number of amides is 1. The van der Waals surface area contributed by atoms with Gasteiger partial charge < -0.3 is 15.4 Å². The topological polar surface area (TPSA) is 63.2 Å². The summed E-state index contributed by atoms with van der Waals surface area (Å²) in [5.74, 6) is 1.34. The van der Waals surface area contributed by atoms with Gasteiger partial charge in [-0.15, -0.1) is 0 Å². The van der Waals surface area contributed by atoms with Gasteiger partial charge in [-0.25, -0.2) is 4.98 Å². The number of nitrogens with zero attached hydrogens (tertiary/aromatic N) is 1. The molecule has 1 amide bonds. The lowest BCUT2D eigenvalue weighted by molar-refractivity contribution is 0.0954. The first-order chi connectivity index (χ1) is 13.1. The van der Waals surface area contributed by atoms with Crippen molar-refractivity contribution in [3.63, 3.8) is 0 Å². The maximum atomic E-state index is 12.4. The van der Waals surface area contributed by atoms with Crippen LogP contribution in [0.4, 0.5) is 11.5 Å². The van der Waals surface area contributed by atoms with Crippen molar-refractivity contribution in [2.75, 3.05) is 19.0 Å². The molecule has 5 heteroatoms. The number of anilines is 2. The van der Waals surface area contributed by atoms with Crippen LogP contribution in [0.5, 0.6) is 5.75 Å². The zero-order chi connectivity index (χ0) is 19.1. The van der Waals surface area contributed by atoms with Gasteiger partial charge in [-0.1, -0.05) is 24.3 Å². The number of nitrogens with one attached hydrogen (secondary N) is 2. The van der Waals surface area contributed by atoms with E-state index in [1.54, 1.807) is 25.4 Å². The van der Waals surface area contributed by atoms with Crippen LogP contribution in [0.2, 0.25) is 0 Å². The van der Waals surface area contributed by atoms with E-state index in [-0.39, 0.29) is 5.91 Å². The Labute approximate surface area is 159 Å². The van der Waals surface area contributed by atoms with Gasteiger partial charge in [-0.3, -0.25) is 4.79 Å². The lowest BCUT2D eigenvalue weighted by Crippen LogP contribution is -2.25. The summed E-state index contributed by atoms with van der Waals surface area (Å²) in [4.78, 5) is 16.7. The summed E-state index contributed by atoms with van der Waals surface area (Å²) in [6.45, 7) is 2.58. The second-order valence-electron chi connectivity index (χ2n) is 6.28. The van der Waals surface area contributed by atoms with Crippen molar-refractivity contribution in [2.45, 2.75) is 13.3 Å². The Bertz CT molecular complexity index is 925. The SMILES string of the molecule is COc1cccc(CCNC(=O)c2ccnc(Nc3cccc(C)c3)c2)c1. The van der Waals surface area contributed by atoms with Crippen molar-refractivity contribution in [3.8, 4) is 5.75 Å². The van der Waals surface area contributed by atoms with E-state index in [0.717, 1.165) is 29.0 Å². The predicted molar refractivity (Wildman–Crippen MR) is 108 cm³/mol. The molecule has 3 rings (SSSR count). The highest BCUT2D eigenvalue weighted by molar-refractivity contribution is 5.94. The van der Waals surface area contributed by atoms with Gasteiger partial charge in [-0.2, -0.15) is 0 Å². The molecule has 0 saturated carbocycles. The summed E-state index contributed by atoms with van der Waals surface area (Å²) in [5.41, 5.74) is 3.79. The van der Waals surface area contributed by atoms with Crippen LogP contribution in [0.15, 0.2) is 66.9 Å². The molecule has 0 aliphatic rings. The first-order valence-electron chi connectivity index (χ1n) is 8.85. The van der Waals surface area contributed by atoms with E-state index in [4.69, 9.17) is 4.74 Å². The van der Waals surface area contributed by atoms with Crippen LogP contribution in [0, 0.1) is 6.92 Å². The number of ether oxygens (including phenoxy) is 1. The van der Waals surface area contributed by atoms with Gasteiger partial charge in [0.25, 0.3) is 5.91 Å². The van der Waals surface area contributed by atoms with Crippen molar-refractivity contribution < 1.29 is 9.53 Å². The molecule has 0 fully saturated rings. The maximum absolute atomic E-state index is 12.4. The van der Waals surface area contributed by atoms with Crippen LogP contribution in [0.3, 0.4) is 0 Å². The molecule has 0 spiro atoms. The molecule has 0 aliphatic carbocycles. The highest BCUT2D eigenvalue weighted by Crippen LogP contribution is 2.17. The summed E-state index contributed by atoms with van der Waals surface area (Å²) in [5, 5.41) is 6.18. The van der Waals surface area contributed by atoms with Gasteiger partial charge >= 0.3 is 0 Å². The molecule has 138 valence electrons. The van der Waals surface area contributed by atoms with Crippen LogP contribution < -0.4 is 15.4 Å². The molecule has 0 radical (unpaired) electrons. The molecule has 1 aromatic heterocycles. The Morgan fingerprint density at radius 3 is 2.74 bits per heavy atom. The molecule has 0 bridgehead atoms. The maximum Gasteiger partial charge on any atom is 0.251 e. The molecule has 0 aliphatic heterocycles. The van der Waals surface area contributed by atoms with Crippen LogP contribution >= 0.6 is 0 Å². The van der Waals surface area contributed by atoms with Gasteiger partial charge in [0.1, 0.15) is 11.6 Å². The summed E-state index contributed by atoms with van der Waals surface area (Å²) >= 11 is 0. The Kier molecular flexibility index (Phi) is 6.05. The molecule has 1 heterocycles. The van der Waals surface area contributed by atoms with Crippen molar-refractivity contribution in [2.24, 2.45) is 0 Å². The molecule has 2 N–H and O–H groups in total. The molecule has 0 saturated heterocycles. The normalized spacial score (nSPS) is 10.3. The Hall–Kier alpha value is -3.34. The molecule has 3 aromatic rings. The molecule has 0 atom stereocenters. The lowest BCUT2D eigenvalue weighted by atomic mass is 10.1. The monoisotopic (exact) mass is 361 g/mol. The molecular weight excluding hydrogens is 338 g/mol. The number of carbonyl (C=O) groups excluding carboxylic acids is 1. The number of aryl methyl sites for hydroxylation is 1. The van der Waals surface area contributed by atoms with Gasteiger partial charge in [0.05, 0.1) is 7.11 Å². The first-order valence-corrected chi connectivity index (χ1v) is 8.85. The lowest BCUT2D eigenvalue weighted by Gasteiger charge is -2.09. The fourth-order valence-electron chi connectivity index (χ4n) is 2.76. The average Bonchev–Trinajstić information content (AvgIpc) is 2.68. The molecule has 0 unspecified atom stereocenters. The largest absolute Gasteiger partial charge is 0.497 e. The smallest absolute Gasteiger partial charge is 0.251 e. The van der Waals surface area contributed by atoms with Crippen LogP contribution in [-0.4, -0.2) is 24.5 Å². The number of hydrogen-bond donors (Lipinski definition) is 2. The van der Waals surface area contributed by atoms with Crippen molar-refractivity contribution in [1.29, 1.82) is 0 Å². The highest BCUT2D eigenvalue weighted by atomic mass is 16.5. The number of methoxy groups -OCH3 is 1. The quantitative estimate of drug-likeness (QED) is 0.665. The minimum atomic E-state index is -0.118. The third-order valence-electron chi connectivity index (χ3n) is 4.15. The first kappa shape index (κ1) is 18.5. The van der Waals surface area contributed by atoms with E-state index in [9.17, 15) is 4.79 Å². The number of hydrogen-bond acceptors (Lipinski definition) is 4. The molecule has 5 nitrogen and oxygen atoms in total. The van der Waals surface area contributed by atoms with Crippen LogP contribution in [0.25, 0.3) is 0 Å². The fourth-order valence-corrected chi connectivity index (χ4v) is 2.76. The summed E-state index contributed by atoms with van der Waals surface area (Å²) in [7, 11) is 1.65. The third-order valence-corrected chi connectivity index (χ3v) is 4.15. The van der Waals surface area contributed by atoms with Gasteiger partial charge in [0.2, 0.25) is 0 Å². The van der Waals surface area contributed by atoms with E-state index >= 15 is 0 Å². The standard InChI is InChI=1S/C22H23N3O2/c1-16-5-3-7-19(13-16)25-21-15-18(10-12-23-21)22(26)24-11-9-17-6-4-8-20(14-17)27-2/h3-8,10,12-15H,9,11H2,1-2H3,(H,23,25)(H,24,26). The van der Waals surface area contributed by atoms with Gasteiger partial charge in [0, 0.05) is 24.0 Å². The summed E-state index contributed by atoms with van der Waals surface area (Å²) < 4.78 is 5.22. The number of benzene rings is 2. The van der Waals surface area contributed by atoms with E-state index < -0.39 is 0 Å². The molecular formula is C22H23N3O2. The number of pyridine rings is 1.